The van der Waals surface area contributed by atoms with Crippen LogP contribution in [-0.2, 0) is 4.79 Å². The molecule has 0 saturated carbocycles. The molecule has 1 aromatic rings. The molecule has 1 saturated heterocycles. The molecule has 4 heteroatoms. The molecule has 1 heterocycles. The number of nitrogens with zero attached hydrogens (tertiary/aromatic N) is 1. The molecule has 4 nitrogen and oxygen atoms in total. The number of benzene rings is 1. The van der Waals surface area contributed by atoms with Crippen molar-refractivity contribution in [2.75, 3.05) is 20.2 Å². The molecule has 2 atom stereocenters. The number of nitrogens with one attached hydrogen (secondary N) is 1. The van der Waals surface area contributed by atoms with Crippen LogP contribution in [0, 0.1) is 6.92 Å². The van der Waals surface area contributed by atoms with E-state index >= 15 is 0 Å². The zero-order valence-electron chi connectivity index (χ0n) is 13.5. The molecule has 1 aliphatic heterocycles. The largest absolute Gasteiger partial charge is 0.496 e. The maximum absolute atomic E-state index is 11.7. The van der Waals surface area contributed by atoms with E-state index in [-0.39, 0.29) is 18.0 Å². The Hall–Kier alpha value is -1.55. The van der Waals surface area contributed by atoms with Gasteiger partial charge in [-0.05, 0) is 33.3 Å². The number of ether oxygens (including phenoxy) is 1. The molecule has 2 unspecified atom stereocenters. The van der Waals surface area contributed by atoms with Crippen molar-refractivity contribution >= 4 is 5.91 Å². The third kappa shape index (κ3) is 3.97. The van der Waals surface area contributed by atoms with E-state index in [1.165, 1.54) is 5.56 Å². The number of amides is 1. The second kappa shape index (κ2) is 6.94. The highest BCUT2D eigenvalue weighted by molar-refractivity contribution is 5.78. The number of carbonyl (C=O) groups excluding carboxylic acids is 1. The standard InChI is InChI=1S/C17H26N2O2/c1-12-7-8-16(21-4)15(10-12)14(3)18-13(2)11-19-9-5-6-17(19)20/h7-8,10,13-14,18H,5-6,9,11H2,1-4H3. The Balaban J connectivity index is 1.98. The normalized spacial score (nSPS) is 17.9. The van der Waals surface area contributed by atoms with E-state index < -0.39 is 0 Å². The molecule has 2 rings (SSSR count). The molecule has 0 bridgehead atoms. The molecule has 1 amide bonds. The Kier molecular flexibility index (Phi) is 5.23. The van der Waals surface area contributed by atoms with Gasteiger partial charge in [-0.2, -0.15) is 0 Å². The summed E-state index contributed by atoms with van der Waals surface area (Å²) >= 11 is 0. The van der Waals surface area contributed by atoms with Crippen LogP contribution in [0.5, 0.6) is 5.75 Å². The molecule has 1 aliphatic rings. The van der Waals surface area contributed by atoms with Crippen molar-refractivity contribution in [3.8, 4) is 5.75 Å². The van der Waals surface area contributed by atoms with E-state index in [0.29, 0.717) is 6.42 Å². The number of aryl methyl sites for hydroxylation is 1. The van der Waals surface area contributed by atoms with Gasteiger partial charge in [0.15, 0.2) is 0 Å². The lowest BCUT2D eigenvalue weighted by Gasteiger charge is -2.26. The summed E-state index contributed by atoms with van der Waals surface area (Å²) in [5.41, 5.74) is 2.39. The van der Waals surface area contributed by atoms with Crippen molar-refractivity contribution in [2.45, 2.75) is 45.7 Å². The van der Waals surface area contributed by atoms with Gasteiger partial charge in [-0.3, -0.25) is 4.79 Å². The van der Waals surface area contributed by atoms with Gasteiger partial charge < -0.3 is 15.0 Å². The van der Waals surface area contributed by atoms with Crippen molar-refractivity contribution in [3.05, 3.63) is 29.3 Å². The lowest BCUT2D eigenvalue weighted by atomic mass is 10.0. The van der Waals surface area contributed by atoms with Crippen LogP contribution in [0.3, 0.4) is 0 Å². The van der Waals surface area contributed by atoms with Crippen LogP contribution >= 0.6 is 0 Å². The topological polar surface area (TPSA) is 41.6 Å². The predicted molar refractivity (Wildman–Crippen MR) is 84.6 cm³/mol. The number of carbonyl (C=O) groups is 1. The molecule has 0 radical (unpaired) electrons. The third-order valence-corrected chi connectivity index (χ3v) is 4.05. The summed E-state index contributed by atoms with van der Waals surface area (Å²) in [4.78, 5) is 13.6. The number of likely N-dealkylation sites (tertiary alicyclic amines) is 1. The first kappa shape index (κ1) is 15.8. The van der Waals surface area contributed by atoms with Crippen molar-refractivity contribution in [3.63, 3.8) is 0 Å². The van der Waals surface area contributed by atoms with E-state index in [2.05, 4.69) is 38.2 Å². The fourth-order valence-electron chi connectivity index (χ4n) is 2.99. The van der Waals surface area contributed by atoms with Crippen LogP contribution < -0.4 is 10.1 Å². The SMILES string of the molecule is COc1ccc(C)cc1C(C)NC(C)CN1CCCC1=O. The third-order valence-electron chi connectivity index (χ3n) is 4.05. The monoisotopic (exact) mass is 290 g/mol. The number of hydrogen-bond acceptors (Lipinski definition) is 3. The number of methoxy groups -OCH3 is 1. The molecule has 1 fully saturated rings. The van der Waals surface area contributed by atoms with Gasteiger partial charge in [0.2, 0.25) is 5.91 Å². The van der Waals surface area contributed by atoms with Crippen LogP contribution in [-0.4, -0.2) is 37.0 Å². The Bertz CT molecular complexity index is 502. The summed E-state index contributed by atoms with van der Waals surface area (Å²) in [7, 11) is 1.70. The van der Waals surface area contributed by atoms with Crippen LogP contribution in [0.4, 0.5) is 0 Å². The van der Waals surface area contributed by atoms with Crippen molar-refractivity contribution in [1.82, 2.24) is 10.2 Å². The van der Waals surface area contributed by atoms with Gasteiger partial charge in [-0.1, -0.05) is 17.7 Å². The average molecular weight is 290 g/mol. The lowest BCUT2D eigenvalue weighted by Crippen LogP contribution is -2.40. The minimum atomic E-state index is 0.188. The van der Waals surface area contributed by atoms with Gasteiger partial charge in [0, 0.05) is 37.2 Å². The maximum Gasteiger partial charge on any atom is 0.222 e. The Morgan fingerprint density at radius 2 is 2.14 bits per heavy atom. The first-order valence-electron chi connectivity index (χ1n) is 7.69. The van der Waals surface area contributed by atoms with Gasteiger partial charge >= 0.3 is 0 Å². The molecule has 1 aromatic carbocycles. The van der Waals surface area contributed by atoms with Crippen molar-refractivity contribution < 1.29 is 9.53 Å². The van der Waals surface area contributed by atoms with Crippen LogP contribution in [0.2, 0.25) is 0 Å². The molecular weight excluding hydrogens is 264 g/mol. The molecule has 0 aromatic heterocycles. The van der Waals surface area contributed by atoms with E-state index in [4.69, 9.17) is 4.74 Å². The molecule has 0 aliphatic carbocycles. The van der Waals surface area contributed by atoms with Gasteiger partial charge in [-0.15, -0.1) is 0 Å². The van der Waals surface area contributed by atoms with Crippen LogP contribution in [0.25, 0.3) is 0 Å². The van der Waals surface area contributed by atoms with Gasteiger partial charge in [0.25, 0.3) is 0 Å². The summed E-state index contributed by atoms with van der Waals surface area (Å²) < 4.78 is 5.45. The summed E-state index contributed by atoms with van der Waals surface area (Å²) in [5, 5.41) is 3.57. The van der Waals surface area contributed by atoms with E-state index in [1.54, 1.807) is 7.11 Å². The molecule has 116 valence electrons. The van der Waals surface area contributed by atoms with Gasteiger partial charge in [-0.25, -0.2) is 0 Å². The first-order valence-corrected chi connectivity index (χ1v) is 7.69. The lowest BCUT2D eigenvalue weighted by molar-refractivity contribution is -0.127. The second-order valence-corrected chi connectivity index (χ2v) is 5.98. The Labute approximate surface area is 127 Å². The minimum Gasteiger partial charge on any atom is -0.496 e. The Morgan fingerprint density at radius 1 is 1.38 bits per heavy atom. The van der Waals surface area contributed by atoms with E-state index in [1.807, 2.05) is 11.0 Å². The van der Waals surface area contributed by atoms with Gasteiger partial charge in [0.1, 0.15) is 5.75 Å². The summed E-state index contributed by atoms with van der Waals surface area (Å²) in [6, 6.07) is 6.67. The maximum atomic E-state index is 11.7. The van der Waals surface area contributed by atoms with Crippen molar-refractivity contribution in [1.29, 1.82) is 0 Å². The van der Waals surface area contributed by atoms with Crippen LogP contribution in [0.1, 0.15) is 43.9 Å². The van der Waals surface area contributed by atoms with E-state index in [0.717, 1.165) is 30.8 Å². The fraction of sp³-hybridized carbons (Fsp3) is 0.588. The van der Waals surface area contributed by atoms with E-state index in [9.17, 15) is 4.79 Å². The van der Waals surface area contributed by atoms with Crippen molar-refractivity contribution in [2.24, 2.45) is 0 Å². The number of rotatable bonds is 6. The zero-order valence-corrected chi connectivity index (χ0v) is 13.5. The van der Waals surface area contributed by atoms with Gasteiger partial charge in [0.05, 0.1) is 7.11 Å². The molecule has 1 N–H and O–H groups in total. The minimum absolute atomic E-state index is 0.188. The molecule has 21 heavy (non-hydrogen) atoms. The second-order valence-electron chi connectivity index (χ2n) is 5.98. The van der Waals surface area contributed by atoms with Crippen LogP contribution in [0.15, 0.2) is 18.2 Å². The summed E-state index contributed by atoms with van der Waals surface area (Å²) in [5.74, 6) is 1.19. The molecule has 0 spiro atoms. The summed E-state index contributed by atoms with van der Waals surface area (Å²) in [6.45, 7) is 8.02. The zero-order chi connectivity index (χ0) is 15.4. The molecular formula is C17H26N2O2. The quantitative estimate of drug-likeness (QED) is 0.876. The summed E-state index contributed by atoms with van der Waals surface area (Å²) in [6.07, 6.45) is 1.70. The highest BCUT2D eigenvalue weighted by Crippen LogP contribution is 2.26. The first-order chi connectivity index (χ1) is 10.0. The highest BCUT2D eigenvalue weighted by Gasteiger charge is 2.23. The number of hydrogen-bond donors (Lipinski definition) is 1. The smallest absolute Gasteiger partial charge is 0.222 e. The predicted octanol–water partition coefficient (Wildman–Crippen LogP) is 2.67. The average Bonchev–Trinajstić information content (AvgIpc) is 2.84. The highest BCUT2D eigenvalue weighted by atomic mass is 16.5. The fourth-order valence-corrected chi connectivity index (χ4v) is 2.99. The Morgan fingerprint density at radius 3 is 2.76 bits per heavy atom.